The lowest BCUT2D eigenvalue weighted by Gasteiger charge is -2.19. The van der Waals surface area contributed by atoms with Crippen LogP contribution in [0.5, 0.6) is 0 Å². The summed E-state index contributed by atoms with van der Waals surface area (Å²) < 4.78 is 1.25. The van der Waals surface area contributed by atoms with Crippen LogP contribution >= 0.6 is 0 Å². The predicted octanol–water partition coefficient (Wildman–Crippen LogP) is 3.41. The van der Waals surface area contributed by atoms with Crippen molar-refractivity contribution in [2.24, 2.45) is 5.92 Å². The molecule has 0 bridgehead atoms. The van der Waals surface area contributed by atoms with Crippen molar-refractivity contribution < 1.29 is 9.22 Å². The van der Waals surface area contributed by atoms with Crippen LogP contribution in [0.1, 0.15) is 24.3 Å². The summed E-state index contributed by atoms with van der Waals surface area (Å²) in [7, 11) is 0. The van der Waals surface area contributed by atoms with Crippen molar-refractivity contribution in [3.63, 3.8) is 0 Å². The molecule has 0 radical (unpaired) electrons. The Labute approximate surface area is 133 Å². The van der Waals surface area contributed by atoms with E-state index in [0.29, 0.717) is 14.7 Å². The standard InChI is InChI=1S/C18H16N2O3/c1-12(2)18(21)17-16(13-8-4-3-5-9-13)19(22)14-10-6-7-11-15(14)20(17)23/h3-12H,1-2H3. The van der Waals surface area contributed by atoms with E-state index in [1.807, 2.05) is 6.07 Å². The van der Waals surface area contributed by atoms with Crippen LogP contribution in [0.3, 0.4) is 0 Å². The molecule has 0 unspecified atom stereocenters. The molecule has 0 saturated carbocycles. The highest BCUT2D eigenvalue weighted by molar-refractivity contribution is 6.02. The summed E-state index contributed by atoms with van der Waals surface area (Å²) >= 11 is 0. The Kier molecular flexibility index (Phi) is 3.70. The van der Waals surface area contributed by atoms with E-state index in [4.69, 9.17) is 0 Å². The maximum absolute atomic E-state index is 12.8. The fourth-order valence-corrected chi connectivity index (χ4v) is 2.58. The third kappa shape index (κ3) is 2.40. The van der Waals surface area contributed by atoms with Crippen molar-refractivity contribution in [3.05, 3.63) is 70.4 Å². The Bertz CT molecular complexity index is 944. The Hall–Kier alpha value is -2.95. The first-order valence-electron chi connectivity index (χ1n) is 7.40. The van der Waals surface area contributed by atoms with Gasteiger partial charge in [-0.15, -0.1) is 0 Å². The molecule has 0 atom stereocenters. The second-order valence-corrected chi connectivity index (χ2v) is 5.66. The molecule has 5 nitrogen and oxygen atoms in total. The van der Waals surface area contributed by atoms with Crippen molar-refractivity contribution >= 4 is 16.8 Å². The largest absolute Gasteiger partial charge is 0.805 e. The zero-order valence-electron chi connectivity index (χ0n) is 12.9. The van der Waals surface area contributed by atoms with Gasteiger partial charge in [0, 0.05) is 16.9 Å². The van der Waals surface area contributed by atoms with Crippen molar-refractivity contribution in [1.82, 2.24) is 4.73 Å². The molecule has 0 aliphatic carbocycles. The third-order valence-corrected chi connectivity index (χ3v) is 3.75. The SMILES string of the molecule is CC(C)C(=O)c1c(-c2ccccc2)[n+](=O)c2ccccc2n1[O-]. The molecular weight excluding hydrogens is 292 g/mol. The minimum absolute atomic E-state index is 0.0954. The summed E-state index contributed by atoms with van der Waals surface area (Å²) in [6.45, 7) is 3.42. The smallest absolute Gasteiger partial charge is 0.297 e. The van der Waals surface area contributed by atoms with Crippen LogP contribution in [0.2, 0.25) is 0 Å². The molecule has 23 heavy (non-hydrogen) atoms. The zero-order valence-corrected chi connectivity index (χ0v) is 12.9. The Morgan fingerprint density at radius 1 is 1.04 bits per heavy atom. The second kappa shape index (κ2) is 5.68. The normalized spacial score (nSPS) is 11.1. The molecule has 0 saturated heterocycles. The number of hydrogen-bond donors (Lipinski definition) is 0. The van der Waals surface area contributed by atoms with Crippen LogP contribution in [0.15, 0.2) is 54.6 Å². The molecule has 0 amide bonds. The number of hydrogen-bond acceptors (Lipinski definition) is 3. The van der Waals surface area contributed by atoms with Gasteiger partial charge < -0.3 is 9.94 Å². The van der Waals surface area contributed by atoms with Gasteiger partial charge in [-0.1, -0.05) is 44.2 Å². The molecule has 3 aromatic rings. The van der Waals surface area contributed by atoms with Crippen LogP contribution in [0.4, 0.5) is 0 Å². The average molecular weight is 308 g/mol. The van der Waals surface area contributed by atoms with Gasteiger partial charge in [-0.05, 0) is 18.2 Å². The van der Waals surface area contributed by atoms with E-state index in [2.05, 4.69) is 0 Å². The number of carbonyl (C=O) groups is 1. The number of carbonyl (C=O) groups excluding carboxylic acids is 1. The van der Waals surface area contributed by atoms with Gasteiger partial charge in [-0.3, -0.25) is 4.79 Å². The average Bonchev–Trinajstić information content (AvgIpc) is 2.58. The van der Waals surface area contributed by atoms with Gasteiger partial charge in [0.25, 0.3) is 11.2 Å². The van der Waals surface area contributed by atoms with Gasteiger partial charge in [0.05, 0.1) is 9.99 Å². The molecule has 0 aliphatic rings. The maximum Gasteiger partial charge on any atom is 0.297 e. The summed E-state index contributed by atoms with van der Waals surface area (Å²) in [5.74, 6) is -0.743. The van der Waals surface area contributed by atoms with Crippen molar-refractivity contribution in [2.75, 3.05) is 0 Å². The number of Topliss-reactive ketones (excluding diaryl/α,β-unsaturated/α-hetero) is 1. The molecule has 0 N–H and O–H groups in total. The molecule has 2 aromatic carbocycles. The van der Waals surface area contributed by atoms with E-state index in [1.54, 1.807) is 62.4 Å². The lowest BCUT2D eigenvalue weighted by Crippen LogP contribution is -2.28. The van der Waals surface area contributed by atoms with E-state index in [0.717, 1.165) is 0 Å². The lowest BCUT2D eigenvalue weighted by atomic mass is 10.00. The van der Waals surface area contributed by atoms with Crippen molar-refractivity contribution in [2.45, 2.75) is 13.8 Å². The fourth-order valence-electron chi connectivity index (χ4n) is 2.58. The van der Waals surface area contributed by atoms with E-state index in [1.165, 1.54) is 0 Å². The Morgan fingerprint density at radius 2 is 1.65 bits per heavy atom. The number of fused-ring (bicyclic) bond motifs is 1. The van der Waals surface area contributed by atoms with Crippen LogP contribution in [-0.4, -0.2) is 10.5 Å². The molecule has 5 heteroatoms. The van der Waals surface area contributed by atoms with Crippen molar-refractivity contribution in [1.29, 1.82) is 0 Å². The molecule has 0 fully saturated rings. The molecule has 1 aromatic heterocycles. The Morgan fingerprint density at radius 3 is 2.30 bits per heavy atom. The highest BCUT2D eigenvalue weighted by Gasteiger charge is 2.29. The van der Waals surface area contributed by atoms with Crippen LogP contribution in [0, 0.1) is 16.0 Å². The third-order valence-electron chi connectivity index (χ3n) is 3.75. The summed E-state index contributed by atoms with van der Waals surface area (Å²) in [4.78, 5) is 25.4. The Balaban J connectivity index is 2.50. The van der Waals surface area contributed by atoms with Gasteiger partial charge in [-0.25, -0.2) is 0 Å². The fraction of sp³-hybridized carbons (Fsp3) is 0.167. The van der Waals surface area contributed by atoms with E-state index in [-0.39, 0.29) is 34.1 Å². The summed E-state index contributed by atoms with van der Waals surface area (Å²) in [6.07, 6.45) is 0. The number of ketones is 1. The molecule has 0 spiro atoms. The lowest BCUT2D eigenvalue weighted by molar-refractivity contribution is -0.452. The monoisotopic (exact) mass is 308 g/mol. The van der Waals surface area contributed by atoms with E-state index >= 15 is 0 Å². The highest BCUT2D eigenvalue weighted by atomic mass is 16.5. The van der Waals surface area contributed by atoms with E-state index in [9.17, 15) is 14.9 Å². The zero-order chi connectivity index (χ0) is 16.6. The van der Waals surface area contributed by atoms with Gasteiger partial charge in [0.1, 0.15) is 5.52 Å². The molecule has 3 rings (SSSR count). The molecule has 0 aliphatic heterocycles. The number of aromatic nitrogens is 2. The summed E-state index contributed by atoms with van der Waals surface area (Å²) in [6, 6.07) is 15.3. The molecule has 116 valence electrons. The second-order valence-electron chi connectivity index (χ2n) is 5.66. The number of nitrogens with zero attached hydrogens (tertiary/aromatic N) is 2. The van der Waals surface area contributed by atoms with Crippen LogP contribution < -0.4 is 4.43 Å². The summed E-state index contributed by atoms with van der Waals surface area (Å²) in [5.41, 5.74) is 0.951. The van der Waals surface area contributed by atoms with Gasteiger partial charge in [-0.2, -0.15) is 0 Å². The molecular formula is C18H16N2O3. The number of para-hydroxylation sites is 2. The number of benzene rings is 2. The first-order valence-corrected chi connectivity index (χ1v) is 7.40. The highest BCUT2D eigenvalue weighted by Crippen LogP contribution is 2.25. The maximum atomic E-state index is 12.8. The number of rotatable bonds is 3. The van der Waals surface area contributed by atoms with Crippen LogP contribution in [-0.2, 0) is 0 Å². The van der Waals surface area contributed by atoms with Gasteiger partial charge in [0.15, 0.2) is 11.5 Å². The first-order chi connectivity index (χ1) is 11.0. The van der Waals surface area contributed by atoms with Crippen molar-refractivity contribution in [3.8, 4) is 11.3 Å². The summed E-state index contributed by atoms with van der Waals surface area (Å²) in [5, 5.41) is 12.8. The van der Waals surface area contributed by atoms with Gasteiger partial charge >= 0.3 is 0 Å². The quantitative estimate of drug-likeness (QED) is 0.550. The predicted molar refractivity (Wildman–Crippen MR) is 88.7 cm³/mol. The molecule has 1 heterocycles. The van der Waals surface area contributed by atoms with Crippen LogP contribution in [0.25, 0.3) is 22.3 Å². The minimum atomic E-state index is -0.390. The minimum Gasteiger partial charge on any atom is -0.805 e. The topological polar surface area (TPSA) is 68.0 Å². The van der Waals surface area contributed by atoms with Gasteiger partial charge in [0.2, 0.25) is 0 Å². The van der Waals surface area contributed by atoms with E-state index < -0.39 is 0 Å². The first kappa shape index (κ1) is 15.0.